The van der Waals surface area contributed by atoms with E-state index in [4.69, 9.17) is 11.6 Å². The lowest BCUT2D eigenvalue weighted by Gasteiger charge is -2.12. The van der Waals surface area contributed by atoms with Gasteiger partial charge >= 0.3 is 0 Å². The fourth-order valence-corrected chi connectivity index (χ4v) is 2.35. The Labute approximate surface area is 96.8 Å². The normalized spacial score (nSPS) is 14.1. The van der Waals surface area contributed by atoms with E-state index in [2.05, 4.69) is 16.0 Å². The molecule has 16 heavy (non-hydrogen) atoms. The Kier molecular flexibility index (Phi) is 2.07. The van der Waals surface area contributed by atoms with Gasteiger partial charge in [-0.25, -0.2) is 4.98 Å². The van der Waals surface area contributed by atoms with Crippen LogP contribution >= 0.6 is 11.6 Å². The van der Waals surface area contributed by atoms with Gasteiger partial charge in [-0.1, -0.05) is 23.8 Å². The van der Waals surface area contributed by atoms with Crippen molar-refractivity contribution in [1.82, 2.24) is 9.97 Å². The molecule has 1 aliphatic rings. The molecule has 1 N–H and O–H groups in total. The first-order chi connectivity index (χ1) is 7.77. The molecule has 0 bridgehead atoms. The molecule has 0 saturated heterocycles. The van der Waals surface area contributed by atoms with Gasteiger partial charge in [0, 0.05) is 17.1 Å². The smallest absolute Gasteiger partial charge is 0.253 e. The summed E-state index contributed by atoms with van der Waals surface area (Å²) in [5, 5.41) is 1.47. The van der Waals surface area contributed by atoms with Crippen LogP contribution in [0.25, 0.3) is 17.1 Å². The van der Waals surface area contributed by atoms with E-state index in [9.17, 15) is 4.79 Å². The van der Waals surface area contributed by atoms with E-state index in [1.165, 1.54) is 0 Å². The fraction of sp³-hybridized carbons (Fsp3) is 0.167. The van der Waals surface area contributed by atoms with Gasteiger partial charge in [-0.2, -0.15) is 0 Å². The van der Waals surface area contributed by atoms with Crippen molar-refractivity contribution in [2.75, 3.05) is 0 Å². The Hall–Kier alpha value is -1.61. The van der Waals surface area contributed by atoms with Crippen LogP contribution in [0.4, 0.5) is 0 Å². The summed E-state index contributed by atoms with van der Waals surface area (Å²) in [6.45, 7) is 0. The number of halogens is 1. The first-order valence-electron chi connectivity index (χ1n) is 5.13. The summed E-state index contributed by atoms with van der Waals surface area (Å²) in [6, 6.07) is 1.74. The number of hydrogen-bond acceptors (Lipinski definition) is 2. The summed E-state index contributed by atoms with van der Waals surface area (Å²) in [5.74, 6) is 0. The van der Waals surface area contributed by atoms with Gasteiger partial charge in [-0.15, -0.1) is 0 Å². The Morgan fingerprint density at radius 2 is 2.31 bits per heavy atom. The van der Waals surface area contributed by atoms with Gasteiger partial charge < -0.3 is 4.98 Å². The molecule has 80 valence electrons. The first kappa shape index (κ1) is 9.60. The molecule has 0 unspecified atom stereocenters. The lowest BCUT2D eigenvalue weighted by atomic mass is 9.96. The summed E-state index contributed by atoms with van der Waals surface area (Å²) < 4.78 is 0. The summed E-state index contributed by atoms with van der Waals surface area (Å²) in [4.78, 5) is 18.7. The third-order valence-corrected chi connectivity index (χ3v) is 3.16. The van der Waals surface area contributed by atoms with E-state index in [0.717, 1.165) is 29.4 Å². The molecule has 2 heterocycles. The minimum absolute atomic E-state index is 0.0541. The molecule has 0 saturated carbocycles. The van der Waals surface area contributed by atoms with E-state index in [0.29, 0.717) is 10.7 Å². The van der Waals surface area contributed by atoms with E-state index in [1.807, 2.05) is 6.08 Å². The van der Waals surface area contributed by atoms with Crippen molar-refractivity contribution < 1.29 is 0 Å². The van der Waals surface area contributed by atoms with Crippen molar-refractivity contribution in [3.8, 4) is 0 Å². The van der Waals surface area contributed by atoms with E-state index in [1.54, 1.807) is 12.3 Å². The minimum Gasteiger partial charge on any atom is -0.306 e. The monoisotopic (exact) mass is 232 g/mol. The Morgan fingerprint density at radius 3 is 3.19 bits per heavy atom. The molecule has 4 heteroatoms. The number of aromatic amines is 1. The number of aromatic nitrogens is 2. The van der Waals surface area contributed by atoms with Crippen molar-refractivity contribution in [1.29, 1.82) is 0 Å². The molecule has 3 nitrogen and oxygen atoms in total. The summed E-state index contributed by atoms with van der Waals surface area (Å²) in [6.07, 6.45) is 7.29. The molecule has 0 amide bonds. The molecule has 0 radical (unpaired) electrons. The number of fused-ring (bicyclic) bond motifs is 3. The second kappa shape index (κ2) is 3.46. The highest BCUT2D eigenvalue weighted by molar-refractivity contribution is 6.35. The summed E-state index contributed by atoms with van der Waals surface area (Å²) in [5.41, 5.74) is 2.23. The molecule has 1 aliphatic carbocycles. The first-order valence-corrected chi connectivity index (χ1v) is 5.51. The van der Waals surface area contributed by atoms with Gasteiger partial charge in [0.1, 0.15) is 5.65 Å². The van der Waals surface area contributed by atoms with Crippen LogP contribution in [-0.2, 0) is 6.42 Å². The van der Waals surface area contributed by atoms with E-state index in [-0.39, 0.29) is 5.56 Å². The van der Waals surface area contributed by atoms with Crippen LogP contribution in [0.5, 0.6) is 0 Å². The van der Waals surface area contributed by atoms with Crippen LogP contribution in [0.1, 0.15) is 17.5 Å². The van der Waals surface area contributed by atoms with Crippen molar-refractivity contribution in [2.45, 2.75) is 12.8 Å². The quantitative estimate of drug-likeness (QED) is 0.759. The summed E-state index contributed by atoms with van der Waals surface area (Å²) >= 11 is 6.15. The maximum Gasteiger partial charge on any atom is 0.253 e. The van der Waals surface area contributed by atoms with Gasteiger partial charge in [0.05, 0.1) is 5.02 Å². The molecule has 0 atom stereocenters. The molecule has 3 rings (SSSR count). The highest BCUT2D eigenvalue weighted by Gasteiger charge is 2.15. The molecular formula is C12H9ClN2O. The van der Waals surface area contributed by atoms with Crippen LogP contribution in [-0.4, -0.2) is 9.97 Å². The largest absolute Gasteiger partial charge is 0.306 e. The second-order valence-corrected chi connectivity index (χ2v) is 4.21. The van der Waals surface area contributed by atoms with Crippen molar-refractivity contribution in [3.05, 3.63) is 44.8 Å². The standard InChI is InChI=1S/C12H9ClN2O/c13-9-5-6-14-11-10(9)7-3-1-2-4-8(7)12(16)15-11/h1,3,5-6H,2,4H2,(H,14,15,16). The number of allylic oxidation sites excluding steroid dienone is 1. The predicted molar refractivity (Wildman–Crippen MR) is 64.7 cm³/mol. The molecular weight excluding hydrogens is 224 g/mol. The van der Waals surface area contributed by atoms with Gasteiger partial charge in [0.15, 0.2) is 0 Å². The topological polar surface area (TPSA) is 45.8 Å². The molecule has 2 aromatic heterocycles. The van der Waals surface area contributed by atoms with Crippen LogP contribution in [0.3, 0.4) is 0 Å². The Morgan fingerprint density at radius 1 is 1.44 bits per heavy atom. The van der Waals surface area contributed by atoms with Gasteiger partial charge in [0.25, 0.3) is 5.56 Å². The fourth-order valence-electron chi connectivity index (χ4n) is 2.11. The predicted octanol–water partition coefficient (Wildman–Crippen LogP) is 2.54. The van der Waals surface area contributed by atoms with Crippen LogP contribution in [0, 0.1) is 0 Å². The number of rotatable bonds is 0. The number of nitrogens with one attached hydrogen (secondary N) is 1. The molecule has 2 aromatic rings. The number of H-pyrrole nitrogens is 1. The van der Waals surface area contributed by atoms with Gasteiger partial charge in [-0.3, -0.25) is 4.79 Å². The zero-order valence-corrected chi connectivity index (χ0v) is 9.21. The zero-order valence-electron chi connectivity index (χ0n) is 8.46. The van der Waals surface area contributed by atoms with Crippen LogP contribution < -0.4 is 5.56 Å². The molecule has 0 aliphatic heterocycles. The third kappa shape index (κ3) is 1.28. The zero-order chi connectivity index (χ0) is 11.1. The highest BCUT2D eigenvalue weighted by atomic mass is 35.5. The number of hydrogen-bond donors (Lipinski definition) is 1. The van der Waals surface area contributed by atoms with E-state index < -0.39 is 0 Å². The highest BCUT2D eigenvalue weighted by Crippen LogP contribution is 2.28. The van der Waals surface area contributed by atoms with Crippen molar-refractivity contribution in [2.24, 2.45) is 0 Å². The SMILES string of the molecule is O=c1[nH]c2nccc(Cl)c2c2c1CCC=C2. The summed E-state index contributed by atoms with van der Waals surface area (Å²) in [7, 11) is 0. The van der Waals surface area contributed by atoms with Gasteiger partial charge in [0.2, 0.25) is 0 Å². The Bertz CT molecular complexity index is 658. The number of pyridine rings is 2. The number of nitrogens with zero attached hydrogens (tertiary/aromatic N) is 1. The average Bonchev–Trinajstić information content (AvgIpc) is 2.29. The van der Waals surface area contributed by atoms with Crippen LogP contribution in [0.15, 0.2) is 23.1 Å². The second-order valence-electron chi connectivity index (χ2n) is 3.80. The lowest BCUT2D eigenvalue weighted by Crippen LogP contribution is -2.16. The van der Waals surface area contributed by atoms with Crippen molar-refractivity contribution in [3.63, 3.8) is 0 Å². The van der Waals surface area contributed by atoms with E-state index >= 15 is 0 Å². The van der Waals surface area contributed by atoms with Crippen LogP contribution in [0.2, 0.25) is 5.02 Å². The maximum atomic E-state index is 11.8. The molecule has 0 fully saturated rings. The lowest BCUT2D eigenvalue weighted by molar-refractivity contribution is 0.957. The average molecular weight is 233 g/mol. The third-order valence-electron chi connectivity index (χ3n) is 2.85. The van der Waals surface area contributed by atoms with Crippen molar-refractivity contribution >= 4 is 28.7 Å². The molecule has 0 aromatic carbocycles. The minimum atomic E-state index is -0.0541. The maximum absolute atomic E-state index is 11.8. The Balaban J connectivity index is 2.55. The van der Waals surface area contributed by atoms with Gasteiger partial charge in [-0.05, 0) is 24.5 Å². The molecule has 0 spiro atoms.